The molecule has 0 radical (unpaired) electrons. The summed E-state index contributed by atoms with van der Waals surface area (Å²) in [4.78, 5) is 15.8. The molecule has 0 N–H and O–H groups in total. The predicted octanol–water partition coefficient (Wildman–Crippen LogP) is 1.56. The molecule has 0 bridgehead atoms. The van der Waals surface area contributed by atoms with Crippen LogP contribution in [0.1, 0.15) is 26.7 Å². The van der Waals surface area contributed by atoms with E-state index in [0.717, 1.165) is 13.1 Å². The number of amides is 1. The highest BCUT2D eigenvalue weighted by molar-refractivity contribution is 6.27. The first-order valence-corrected chi connectivity index (χ1v) is 6.15. The van der Waals surface area contributed by atoms with Gasteiger partial charge in [0.15, 0.2) is 0 Å². The number of likely N-dealkylation sites (tertiary alicyclic amines) is 1. The van der Waals surface area contributed by atoms with Crippen molar-refractivity contribution in [2.45, 2.75) is 38.8 Å². The fourth-order valence-corrected chi connectivity index (χ4v) is 2.27. The van der Waals surface area contributed by atoms with Gasteiger partial charge in [-0.15, -0.1) is 11.6 Å². The molecular weight excluding hydrogens is 212 g/mol. The van der Waals surface area contributed by atoms with Crippen LogP contribution in [-0.4, -0.2) is 53.8 Å². The van der Waals surface area contributed by atoms with E-state index in [2.05, 4.69) is 11.9 Å². The van der Waals surface area contributed by atoms with Crippen LogP contribution >= 0.6 is 11.6 Å². The van der Waals surface area contributed by atoms with Crippen LogP contribution in [0.5, 0.6) is 0 Å². The summed E-state index contributed by atoms with van der Waals surface area (Å²) in [5.74, 6) is 0.140. The summed E-state index contributed by atoms with van der Waals surface area (Å²) in [6, 6.07) is 0.754. The number of carbonyl (C=O) groups excluding carboxylic acids is 1. The van der Waals surface area contributed by atoms with E-state index >= 15 is 0 Å². The minimum Gasteiger partial charge on any atom is -0.338 e. The van der Waals surface area contributed by atoms with Gasteiger partial charge in [0.05, 0.1) is 0 Å². The topological polar surface area (TPSA) is 23.6 Å². The Morgan fingerprint density at radius 3 is 2.67 bits per heavy atom. The van der Waals surface area contributed by atoms with Gasteiger partial charge in [-0.25, -0.2) is 0 Å². The fraction of sp³-hybridized carbons (Fsp3) is 0.909. The molecule has 1 atom stereocenters. The second-order valence-electron chi connectivity index (χ2n) is 4.55. The van der Waals surface area contributed by atoms with Crippen molar-refractivity contribution in [3.63, 3.8) is 0 Å². The van der Waals surface area contributed by atoms with Crippen LogP contribution in [-0.2, 0) is 4.79 Å². The highest BCUT2D eigenvalue weighted by Crippen LogP contribution is 2.17. The quantitative estimate of drug-likeness (QED) is 0.687. The molecule has 4 heteroatoms. The lowest BCUT2D eigenvalue weighted by Gasteiger charge is -2.31. The molecule has 0 aromatic heterocycles. The number of rotatable bonds is 4. The van der Waals surface area contributed by atoms with Crippen LogP contribution in [0.3, 0.4) is 0 Å². The SMILES string of the molecule is CC(C)N(C[C@@H]1CCCN1C)C(=O)CCl. The van der Waals surface area contributed by atoms with Crippen LogP contribution in [0.4, 0.5) is 0 Å². The molecule has 0 saturated carbocycles. The first-order valence-electron chi connectivity index (χ1n) is 5.62. The van der Waals surface area contributed by atoms with Crippen molar-refractivity contribution >= 4 is 17.5 Å². The molecule has 1 aliphatic heterocycles. The Morgan fingerprint density at radius 2 is 2.27 bits per heavy atom. The van der Waals surface area contributed by atoms with Crippen LogP contribution in [0, 0.1) is 0 Å². The van der Waals surface area contributed by atoms with Crippen molar-refractivity contribution in [1.82, 2.24) is 9.80 Å². The second-order valence-corrected chi connectivity index (χ2v) is 4.82. The maximum absolute atomic E-state index is 11.6. The highest BCUT2D eigenvalue weighted by atomic mass is 35.5. The first-order chi connectivity index (χ1) is 7.06. The Morgan fingerprint density at radius 1 is 1.60 bits per heavy atom. The van der Waals surface area contributed by atoms with Gasteiger partial charge >= 0.3 is 0 Å². The van der Waals surface area contributed by atoms with Crippen LogP contribution in [0.25, 0.3) is 0 Å². The van der Waals surface area contributed by atoms with E-state index in [9.17, 15) is 4.79 Å². The molecule has 1 rings (SSSR count). The van der Waals surface area contributed by atoms with Crippen molar-refractivity contribution < 1.29 is 4.79 Å². The minimum atomic E-state index is 0.0481. The van der Waals surface area contributed by atoms with Gasteiger partial charge in [0.2, 0.25) is 5.91 Å². The smallest absolute Gasteiger partial charge is 0.237 e. The fourth-order valence-electron chi connectivity index (χ4n) is 2.11. The largest absolute Gasteiger partial charge is 0.338 e. The molecule has 3 nitrogen and oxygen atoms in total. The molecule has 0 aromatic carbocycles. The highest BCUT2D eigenvalue weighted by Gasteiger charge is 2.26. The zero-order chi connectivity index (χ0) is 11.4. The Kier molecular flexibility index (Phi) is 4.87. The lowest BCUT2D eigenvalue weighted by atomic mass is 10.2. The average Bonchev–Trinajstić information content (AvgIpc) is 2.59. The third kappa shape index (κ3) is 3.35. The minimum absolute atomic E-state index is 0.0481. The van der Waals surface area contributed by atoms with E-state index in [-0.39, 0.29) is 17.8 Å². The number of alkyl halides is 1. The maximum Gasteiger partial charge on any atom is 0.237 e. The Labute approximate surface area is 97.4 Å². The van der Waals surface area contributed by atoms with Crippen LogP contribution in [0.2, 0.25) is 0 Å². The summed E-state index contributed by atoms with van der Waals surface area (Å²) in [5, 5.41) is 0. The number of likely N-dealkylation sites (N-methyl/N-ethyl adjacent to an activating group) is 1. The molecule has 0 aliphatic carbocycles. The summed E-state index contributed by atoms with van der Waals surface area (Å²) in [6.07, 6.45) is 2.43. The van der Waals surface area contributed by atoms with Gasteiger partial charge in [-0.1, -0.05) is 0 Å². The normalized spacial score (nSPS) is 22.3. The predicted molar refractivity (Wildman–Crippen MR) is 63.2 cm³/mol. The first kappa shape index (κ1) is 12.8. The number of hydrogen-bond donors (Lipinski definition) is 0. The summed E-state index contributed by atoms with van der Waals surface area (Å²) >= 11 is 5.61. The average molecular weight is 233 g/mol. The van der Waals surface area contributed by atoms with Gasteiger partial charge in [0.1, 0.15) is 5.88 Å². The van der Waals surface area contributed by atoms with Gasteiger partial charge in [-0.3, -0.25) is 4.79 Å². The molecule has 1 fully saturated rings. The van der Waals surface area contributed by atoms with Crippen LogP contribution < -0.4 is 0 Å². The van der Waals surface area contributed by atoms with Gasteiger partial charge in [-0.2, -0.15) is 0 Å². The molecule has 1 amide bonds. The van der Waals surface area contributed by atoms with Gasteiger partial charge in [0, 0.05) is 18.6 Å². The second kappa shape index (κ2) is 5.71. The van der Waals surface area contributed by atoms with Crippen LogP contribution in [0.15, 0.2) is 0 Å². The lowest BCUT2D eigenvalue weighted by molar-refractivity contribution is -0.130. The zero-order valence-corrected chi connectivity index (χ0v) is 10.6. The number of nitrogens with zero attached hydrogens (tertiary/aromatic N) is 2. The van der Waals surface area contributed by atoms with Crippen molar-refractivity contribution in [3.8, 4) is 0 Å². The van der Waals surface area contributed by atoms with E-state index in [1.807, 2.05) is 18.7 Å². The summed E-state index contributed by atoms with van der Waals surface area (Å²) < 4.78 is 0. The molecule has 15 heavy (non-hydrogen) atoms. The molecule has 0 spiro atoms. The Balaban J connectivity index is 2.54. The van der Waals surface area contributed by atoms with E-state index < -0.39 is 0 Å². The molecule has 0 aromatic rings. The molecule has 1 saturated heterocycles. The molecule has 0 unspecified atom stereocenters. The lowest BCUT2D eigenvalue weighted by Crippen LogP contribution is -2.45. The Hall–Kier alpha value is -0.280. The van der Waals surface area contributed by atoms with Crippen molar-refractivity contribution in [3.05, 3.63) is 0 Å². The monoisotopic (exact) mass is 232 g/mol. The molecule has 1 heterocycles. The van der Waals surface area contributed by atoms with E-state index in [1.54, 1.807) is 0 Å². The summed E-state index contributed by atoms with van der Waals surface area (Å²) in [7, 11) is 2.13. The van der Waals surface area contributed by atoms with E-state index in [0.29, 0.717) is 6.04 Å². The standard InChI is InChI=1S/C11H21ClN2O/c1-9(2)14(11(15)7-12)8-10-5-4-6-13(10)3/h9-10H,4-8H2,1-3H3/t10-/m0/s1. The van der Waals surface area contributed by atoms with E-state index in [1.165, 1.54) is 12.8 Å². The van der Waals surface area contributed by atoms with E-state index in [4.69, 9.17) is 11.6 Å². The number of carbonyl (C=O) groups is 1. The van der Waals surface area contributed by atoms with Gasteiger partial charge < -0.3 is 9.80 Å². The molecule has 1 aliphatic rings. The molecular formula is C11H21ClN2O. The van der Waals surface area contributed by atoms with Gasteiger partial charge in [-0.05, 0) is 40.3 Å². The zero-order valence-electron chi connectivity index (χ0n) is 9.87. The van der Waals surface area contributed by atoms with Crippen molar-refractivity contribution in [1.29, 1.82) is 0 Å². The van der Waals surface area contributed by atoms with Crippen molar-refractivity contribution in [2.24, 2.45) is 0 Å². The van der Waals surface area contributed by atoms with Gasteiger partial charge in [0.25, 0.3) is 0 Å². The summed E-state index contributed by atoms with van der Waals surface area (Å²) in [6.45, 7) is 6.05. The third-order valence-corrected chi connectivity index (χ3v) is 3.37. The maximum atomic E-state index is 11.6. The molecule has 88 valence electrons. The van der Waals surface area contributed by atoms with Crippen molar-refractivity contribution in [2.75, 3.05) is 26.0 Å². The summed E-state index contributed by atoms with van der Waals surface area (Å²) in [5.41, 5.74) is 0. The third-order valence-electron chi connectivity index (χ3n) is 3.14. The Bertz CT molecular complexity index is 221. The number of halogens is 1. The number of hydrogen-bond acceptors (Lipinski definition) is 2.